The van der Waals surface area contributed by atoms with Crippen molar-refractivity contribution in [2.45, 2.75) is 50.3 Å². The number of amides is 2. The molecule has 1 N–H and O–H groups in total. The van der Waals surface area contributed by atoms with E-state index in [9.17, 15) is 9.59 Å². The van der Waals surface area contributed by atoms with Gasteiger partial charge in [0.25, 0.3) is 0 Å². The number of hydrogen-bond donors (Lipinski definition) is 1. The van der Waals surface area contributed by atoms with Crippen molar-refractivity contribution in [1.82, 2.24) is 5.32 Å². The molecular weight excluding hydrogens is 412 g/mol. The molecule has 4 fully saturated rings. The number of thioether (sulfide) groups is 1. The molecule has 1 aromatic carbocycles. The van der Waals surface area contributed by atoms with Crippen LogP contribution in [0.4, 0.5) is 25.0 Å². The monoisotopic (exact) mass is 437 g/mol. The van der Waals surface area contributed by atoms with Crippen molar-refractivity contribution < 1.29 is 23.1 Å². The number of benzene rings is 1. The summed E-state index contributed by atoms with van der Waals surface area (Å²) in [5, 5.41) is 2.81. The molecule has 2 bridgehead atoms. The average Bonchev–Trinajstić information content (AvgIpc) is 3.13. The number of fused-ring (bicyclic) bond motifs is 2. The second-order valence-electron chi connectivity index (χ2n) is 8.58. The Morgan fingerprint density at radius 1 is 1.13 bits per heavy atom. The Bertz CT molecular complexity index is 827. The summed E-state index contributed by atoms with van der Waals surface area (Å²) < 4.78 is 35.3. The minimum Gasteiger partial charge on any atom is -0.442 e. The zero-order valence-corrected chi connectivity index (χ0v) is 17.4. The molecule has 6 nitrogen and oxygen atoms in total. The topological polar surface area (TPSA) is 61.9 Å². The highest BCUT2D eigenvalue weighted by Crippen LogP contribution is 2.41. The SMILES string of the molecule is O=C(NC[C@H]1CN(c2cc(F)c(N3[C@@H]4CC[C@H]3CSC4)c(F)c2)C(=O)O1)C1CCC1. The Balaban J connectivity index is 1.28. The van der Waals surface area contributed by atoms with Gasteiger partial charge in [-0.25, -0.2) is 13.6 Å². The molecule has 0 radical (unpaired) electrons. The minimum absolute atomic E-state index is 0.0171. The molecule has 3 atom stereocenters. The molecule has 30 heavy (non-hydrogen) atoms. The quantitative estimate of drug-likeness (QED) is 0.766. The number of halogens is 2. The van der Waals surface area contributed by atoms with Gasteiger partial charge in [0, 0.05) is 41.6 Å². The Morgan fingerprint density at radius 3 is 2.40 bits per heavy atom. The van der Waals surface area contributed by atoms with Crippen LogP contribution >= 0.6 is 11.8 Å². The lowest BCUT2D eigenvalue weighted by Crippen LogP contribution is -2.43. The lowest BCUT2D eigenvalue weighted by molar-refractivity contribution is -0.127. The first-order valence-corrected chi connectivity index (χ1v) is 11.8. The molecule has 5 rings (SSSR count). The van der Waals surface area contributed by atoms with Crippen LogP contribution < -0.4 is 15.1 Å². The largest absolute Gasteiger partial charge is 0.442 e. The first kappa shape index (κ1) is 19.9. The van der Waals surface area contributed by atoms with Crippen molar-refractivity contribution >= 4 is 35.1 Å². The smallest absolute Gasteiger partial charge is 0.414 e. The van der Waals surface area contributed by atoms with Gasteiger partial charge in [-0.2, -0.15) is 11.8 Å². The number of anilines is 2. The molecule has 162 valence electrons. The summed E-state index contributed by atoms with van der Waals surface area (Å²) in [6.45, 7) is 0.350. The molecule has 0 unspecified atom stereocenters. The van der Waals surface area contributed by atoms with Crippen LogP contribution in [0.1, 0.15) is 32.1 Å². The van der Waals surface area contributed by atoms with Gasteiger partial charge in [0.05, 0.1) is 18.8 Å². The van der Waals surface area contributed by atoms with Crippen molar-refractivity contribution in [3.8, 4) is 0 Å². The van der Waals surface area contributed by atoms with Crippen LogP contribution in [0, 0.1) is 17.6 Å². The summed E-state index contributed by atoms with van der Waals surface area (Å²) in [6, 6.07) is 2.75. The summed E-state index contributed by atoms with van der Waals surface area (Å²) in [4.78, 5) is 27.4. The van der Waals surface area contributed by atoms with Gasteiger partial charge in [0.1, 0.15) is 11.8 Å². The van der Waals surface area contributed by atoms with Gasteiger partial charge in [-0.15, -0.1) is 0 Å². The molecule has 2 amide bonds. The zero-order valence-electron chi connectivity index (χ0n) is 16.6. The highest BCUT2D eigenvalue weighted by atomic mass is 32.2. The highest BCUT2D eigenvalue weighted by Gasteiger charge is 2.40. The van der Waals surface area contributed by atoms with Crippen LogP contribution in [0.5, 0.6) is 0 Å². The Hall–Kier alpha value is -2.03. The van der Waals surface area contributed by atoms with Crippen molar-refractivity contribution in [2.24, 2.45) is 5.92 Å². The van der Waals surface area contributed by atoms with Gasteiger partial charge in [-0.05, 0) is 25.7 Å². The van der Waals surface area contributed by atoms with Crippen LogP contribution in [0.15, 0.2) is 12.1 Å². The van der Waals surface area contributed by atoms with Crippen LogP contribution in [-0.4, -0.2) is 54.8 Å². The van der Waals surface area contributed by atoms with E-state index in [-0.39, 0.29) is 48.4 Å². The normalized spacial score (nSPS) is 28.5. The zero-order chi connectivity index (χ0) is 20.8. The molecule has 3 saturated heterocycles. The summed E-state index contributed by atoms with van der Waals surface area (Å²) in [5.41, 5.74) is 0.161. The third kappa shape index (κ3) is 3.50. The van der Waals surface area contributed by atoms with E-state index in [0.29, 0.717) is 0 Å². The molecule has 9 heteroatoms. The molecule has 1 aliphatic carbocycles. The number of nitrogens with one attached hydrogen (secondary N) is 1. The first-order chi connectivity index (χ1) is 14.5. The Kier molecular flexibility index (Phi) is 5.24. The van der Waals surface area contributed by atoms with E-state index >= 15 is 8.78 Å². The van der Waals surface area contributed by atoms with E-state index in [1.54, 1.807) is 0 Å². The van der Waals surface area contributed by atoms with E-state index < -0.39 is 23.8 Å². The van der Waals surface area contributed by atoms with Crippen molar-refractivity contribution in [3.05, 3.63) is 23.8 Å². The maximum Gasteiger partial charge on any atom is 0.414 e. The van der Waals surface area contributed by atoms with Gasteiger partial charge in [-0.1, -0.05) is 6.42 Å². The van der Waals surface area contributed by atoms with Crippen molar-refractivity contribution in [1.29, 1.82) is 0 Å². The third-order valence-corrected chi connectivity index (χ3v) is 7.91. The van der Waals surface area contributed by atoms with E-state index in [2.05, 4.69) is 5.32 Å². The fraction of sp³-hybridized carbons (Fsp3) is 0.619. The van der Waals surface area contributed by atoms with E-state index in [1.165, 1.54) is 17.0 Å². The molecular formula is C21H25F2N3O3S. The summed E-state index contributed by atoms with van der Waals surface area (Å²) >= 11 is 1.84. The van der Waals surface area contributed by atoms with Crippen molar-refractivity contribution in [3.63, 3.8) is 0 Å². The van der Waals surface area contributed by atoms with Gasteiger partial charge in [-0.3, -0.25) is 9.69 Å². The summed E-state index contributed by atoms with van der Waals surface area (Å²) in [7, 11) is 0. The van der Waals surface area contributed by atoms with Gasteiger partial charge in [0.2, 0.25) is 5.91 Å². The number of cyclic esters (lactones) is 1. The van der Waals surface area contributed by atoms with Crippen LogP contribution in [0.2, 0.25) is 0 Å². The van der Waals surface area contributed by atoms with E-state index in [1.807, 2.05) is 16.7 Å². The molecule has 1 saturated carbocycles. The second kappa shape index (κ2) is 7.90. The molecule has 1 aromatic rings. The minimum atomic E-state index is -0.654. The third-order valence-electron chi connectivity index (χ3n) is 6.67. The predicted octanol–water partition coefficient (Wildman–Crippen LogP) is 3.29. The van der Waals surface area contributed by atoms with Crippen LogP contribution in [0.25, 0.3) is 0 Å². The lowest BCUT2D eigenvalue weighted by Gasteiger charge is -2.37. The number of hydrogen-bond acceptors (Lipinski definition) is 5. The molecule has 3 heterocycles. The Morgan fingerprint density at radius 2 is 1.80 bits per heavy atom. The van der Waals surface area contributed by atoms with Crippen LogP contribution in [-0.2, 0) is 9.53 Å². The fourth-order valence-corrected chi connectivity index (χ4v) is 6.15. The van der Waals surface area contributed by atoms with Crippen LogP contribution in [0.3, 0.4) is 0 Å². The lowest BCUT2D eigenvalue weighted by atomic mass is 9.85. The standard InChI is InChI=1S/C21H25F2N3O3S/c22-17-6-15(7-18(23)19(17)26-13-4-5-14(26)11-30-10-13)25-9-16(29-21(25)28)8-24-20(27)12-2-1-3-12/h6-7,12-14,16H,1-5,8-11H2,(H,24,27)/t13-,14+,16-/m0/s1. The van der Waals surface area contributed by atoms with E-state index in [0.717, 1.165) is 43.6 Å². The van der Waals surface area contributed by atoms with Crippen molar-refractivity contribution in [2.75, 3.05) is 34.4 Å². The number of ether oxygens (including phenoxy) is 1. The highest BCUT2D eigenvalue weighted by molar-refractivity contribution is 7.99. The van der Waals surface area contributed by atoms with Gasteiger partial charge in [0.15, 0.2) is 11.6 Å². The number of rotatable bonds is 5. The maximum absolute atomic E-state index is 15.0. The molecule has 4 aliphatic rings. The summed E-state index contributed by atoms with van der Waals surface area (Å²) in [5.74, 6) is 0.490. The maximum atomic E-state index is 15.0. The fourth-order valence-electron chi connectivity index (χ4n) is 4.82. The second-order valence-corrected chi connectivity index (χ2v) is 9.65. The first-order valence-electron chi connectivity index (χ1n) is 10.6. The summed E-state index contributed by atoms with van der Waals surface area (Å²) in [6.07, 6.45) is 3.56. The van der Waals surface area contributed by atoms with E-state index in [4.69, 9.17) is 4.74 Å². The number of carbonyl (C=O) groups excluding carboxylic acids is 2. The van der Waals surface area contributed by atoms with Gasteiger partial charge >= 0.3 is 6.09 Å². The average molecular weight is 438 g/mol. The molecule has 0 aromatic heterocycles. The molecule has 0 spiro atoms. The predicted molar refractivity (Wildman–Crippen MR) is 111 cm³/mol. The molecule has 3 aliphatic heterocycles. The number of carbonyl (C=O) groups is 2. The number of nitrogens with zero attached hydrogens (tertiary/aromatic N) is 2. The van der Waals surface area contributed by atoms with Gasteiger partial charge < -0.3 is 15.0 Å². The Labute approximate surface area is 178 Å².